The Balaban J connectivity index is 2.12. The van der Waals surface area contributed by atoms with Gasteiger partial charge in [-0.05, 0) is 37.7 Å². The predicted molar refractivity (Wildman–Crippen MR) is 78.0 cm³/mol. The molecule has 0 heterocycles. The second-order valence-corrected chi connectivity index (χ2v) is 5.27. The van der Waals surface area contributed by atoms with Gasteiger partial charge in [-0.2, -0.15) is 0 Å². The molecule has 3 nitrogen and oxygen atoms in total. The van der Waals surface area contributed by atoms with Gasteiger partial charge in [-0.3, -0.25) is 4.79 Å². The summed E-state index contributed by atoms with van der Waals surface area (Å²) in [6.07, 6.45) is 3.21. The van der Waals surface area contributed by atoms with E-state index < -0.39 is 0 Å². The summed E-state index contributed by atoms with van der Waals surface area (Å²) in [6.45, 7) is 5.00. The van der Waals surface area contributed by atoms with Crippen LogP contribution in [0, 0.1) is 12.8 Å². The molecule has 3 heteroatoms. The molecule has 106 valence electrons. The number of carbonyl (C=O) groups is 1. The minimum absolute atomic E-state index is 0.109. The smallest absolute Gasteiger partial charge is 0.220 e. The van der Waals surface area contributed by atoms with Crippen LogP contribution in [0.15, 0.2) is 24.3 Å². The third-order valence-electron chi connectivity index (χ3n) is 3.27. The minimum Gasteiger partial charge on any atom is -0.396 e. The Hall–Kier alpha value is -1.35. The van der Waals surface area contributed by atoms with Gasteiger partial charge in [0.05, 0.1) is 0 Å². The molecule has 0 fully saturated rings. The Morgan fingerprint density at radius 3 is 2.63 bits per heavy atom. The van der Waals surface area contributed by atoms with Gasteiger partial charge in [-0.1, -0.05) is 36.8 Å². The molecule has 1 amide bonds. The molecule has 0 saturated heterocycles. The molecule has 1 atom stereocenters. The minimum atomic E-state index is 0.109. The summed E-state index contributed by atoms with van der Waals surface area (Å²) in [5.41, 5.74) is 2.45. The van der Waals surface area contributed by atoms with Crippen molar-refractivity contribution >= 4 is 5.91 Å². The number of benzene rings is 1. The number of hydrogen-bond acceptors (Lipinski definition) is 2. The van der Waals surface area contributed by atoms with Crippen molar-refractivity contribution in [3.05, 3.63) is 35.4 Å². The first kappa shape index (κ1) is 15.7. The zero-order valence-electron chi connectivity index (χ0n) is 12.0. The second kappa shape index (κ2) is 8.70. The lowest BCUT2D eigenvalue weighted by Crippen LogP contribution is -2.25. The molecule has 0 aliphatic heterocycles. The number of nitrogens with one attached hydrogen (secondary N) is 1. The summed E-state index contributed by atoms with van der Waals surface area (Å²) < 4.78 is 0. The number of aliphatic hydroxyl groups is 1. The average Bonchev–Trinajstić information content (AvgIpc) is 2.42. The first-order valence-electron chi connectivity index (χ1n) is 7.05. The van der Waals surface area contributed by atoms with E-state index in [0.29, 0.717) is 18.9 Å². The van der Waals surface area contributed by atoms with E-state index in [4.69, 9.17) is 5.11 Å². The summed E-state index contributed by atoms with van der Waals surface area (Å²) >= 11 is 0. The first-order chi connectivity index (χ1) is 9.11. The van der Waals surface area contributed by atoms with E-state index in [0.717, 1.165) is 19.3 Å². The van der Waals surface area contributed by atoms with Crippen molar-refractivity contribution in [3.8, 4) is 0 Å². The van der Waals surface area contributed by atoms with Crippen LogP contribution < -0.4 is 5.32 Å². The van der Waals surface area contributed by atoms with Crippen molar-refractivity contribution in [1.82, 2.24) is 5.32 Å². The SMILES string of the molecule is Cc1ccc(CCC(=O)NCCCC(C)CO)cc1. The van der Waals surface area contributed by atoms with E-state index in [1.54, 1.807) is 0 Å². The largest absolute Gasteiger partial charge is 0.396 e. The zero-order chi connectivity index (χ0) is 14.1. The van der Waals surface area contributed by atoms with Gasteiger partial charge in [0.2, 0.25) is 5.91 Å². The van der Waals surface area contributed by atoms with Gasteiger partial charge in [0.15, 0.2) is 0 Å². The lowest BCUT2D eigenvalue weighted by Gasteiger charge is -2.08. The quantitative estimate of drug-likeness (QED) is 0.708. The standard InChI is InChI=1S/C16H25NO2/c1-13-5-7-15(8-6-13)9-10-16(19)17-11-3-4-14(2)12-18/h5-8,14,18H,3-4,9-12H2,1-2H3,(H,17,19). The van der Waals surface area contributed by atoms with Crippen LogP contribution in [0.5, 0.6) is 0 Å². The Kier molecular flexibility index (Phi) is 7.19. The number of hydrogen-bond donors (Lipinski definition) is 2. The summed E-state index contributed by atoms with van der Waals surface area (Å²) in [5.74, 6) is 0.432. The first-order valence-corrected chi connectivity index (χ1v) is 7.05. The number of aliphatic hydroxyl groups excluding tert-OH is 1. The van der Waals surface area contributed by atoms with Crippen LogP contribution in [0.4, 0.5) is 0 Å². The maximum absolute atomic E-state index is 11.6. The molecule has 0 aliphatic carbocycles. The Morgan fingerprint density at radius 2 is 2.00 bits per heavy atom. The second-order valence-electron chi connectivity index (χ2n) is 5.27. The molecule has 0 saturated carbocycles. The summed E-state index contributed by atoms with van der Waals surface area (Å²) in [5, 5.41) is 11.8. The molecule has 1 unspecified atom stereocenters. The Labute approximate surface area is 116 Å². The van der Waals surface area contributed by atoms with Gasteiger partial charge in [0, 0.05) is 19.6 Å². The predicted octanol–water partition coefficient (Wildman–Crippen LogP) is 2.45. The van der Waals surface area contributed by atoms with Crippen LogP contribution in [-0.4, -0.2) is 24.2 Å². The molecule has 2 N–H and O–H groups in total. The van der Waals surface area contributed by atoms with Crippen molar-refractivity contribution in [2.24, 2.45) is 5.92 Å². The normalized spacial score (nSPS) is 12.2. The van der Waals surface area contributed by atoms with Crippen molar-refractivity contribution in [1.29, 1.82) is 0 Å². The van der Waals surface area contributed by atoms with Crippen molar-refractivity contribution < 1.29 is 9.90 Å². The van der Waals surface area contributed by atoms with E-state index >= 15 is 0 Å². The lowest BCUT2D eigenvalue weighted by atomic mass is 10.1. The Morgan fingerprint density at radius 1 is 1.32 bits per heavy atom. The highest BCUT2D eigenvalue weighted by molar-refractivity contribution is 5.76. The molecule has 1 aromatic carbocycles. The highest BCUT2D eigenvalue weighted by atomic mass is 16.3. The van der Waals surface area contributed by atoms with Crippen molar-refractivity contribution in [2.45, 2.75) is 39.5 Å². The monoisotopic (exact) mass is 263 g/mol. The van der Waals surface area contributed by atoms with Crippen LogP contribution >= 0.6 is 0 Å². The van der Waals surface area contributed by atoms with Crippen molar-refractivity contribution in [3.63, 3.8) is 0 Å². The molecule has 19 heavy (non-hydrogen) atoms. The molecule has 1 rings (SSSR count). The highest BCUT2D eigenvalue weighted by Gasteiger charge is 2.03. The molecule has 0 aromatic heterocycles. The third kappa shape index (κ3) is 6.97. The molecule has 0 spiro atoms. The molecule has 0 radical (unpaired) electrons. The van der Waals surface area contributed by atoms with Gasteiger partial charge < -0.3 is 10.4 Å². The van der Waals surface area contributed by atoms with Gasteiger partial charge in [-0.25, -0.2) is 0 Å². The van der Waals surface area contributed by atoms with E-state index in [1.807, 2.05) is 6.92 Å². The van der Waals surface area contributed by atoms with Crippen LogP contribution in [-0.2, 0) is 11.2 Å². The van der Waals surface area contributed by atoms with Crippen LogP contribution in [0.3, 0.4) is 0 Å². The fourth-order valence-corrected chi connectivity index (χ4v) is 1.87. The van der Waals surface area contributed by atoms with Gasteiger partial charge in [0.1, 0.15) is 0 Å². The fourth-order valence-electron chi connectivity index (χ4n) is 1.87. The van der Waals surface area contributed by atoms with Gasteiger partial charge in [-0.15, -0.1) is 0 Å². The molecular formula is C16H25NO2. The summed E-state index contributed by atoms with van der Waals surface area (Å²) in [6, 6.07) is 8.30. The average molecular weight is 263 g/mol. The van der Waals surface area contributed by atoms with E-state index in [1.165, 1.54) is 11.1 Å². The highest BCUT2D eigenvalue weighted by Crippen LogP contribution is 2.06. The summed E-state index contributed by atoms with van der Waals surface area (Å²) in [4.78, 5) is 11.6. The molecule has 1 aromatic rings. The molecular weight excluding hydrogens is 238 g/mol. The van der Waals surface area contributed by atoms with Crippen LogP contribution in [0.2, 0.25) is 0 Å². The van der Waals surface area contributed by atoms with Crippen LogP contribution in [0.25, 0.3) is 0 Å². The number of rotatable bonds is 8. The topological polar surface area (TPSA) is 49.3 Å². The van der Waals surface area contributed by atoms with Gasteiger partial charge in [0.25, 0.3) is 0 Å². The van der Waals surface area contributed by atoms with Crippen LogP contribution in [0.1, 0.15) is 37.3 Å². The van der Waals surface area contributed by atoms with E-state index in [9.17, 15) is 4.79 Å². The maximum Gasteiger partial charge on any atom is 0.220 e. The van der Waals surface area contributed by atoms with E-state index in [2.05, 4.69) is 36.5 Å². The number of carbonyl (C=O) groups excluding carboxylic acids is 1. The third-order valence-corrected chi connectivity index (χ3v) is 3.27. The number of aryl methyl sites for hydroxylation is 2. The maximum atomic E-state index is 11.6. The fraction of sp³-hybridized carbons (Fsp3) is 0.562. The van der Waals surface area contributed by atoms with E-state index in [-0.39, 0.29) is 12.5 Å². The molecule has 0 bridgehead atoms. The molecule has 0 aliphatic rings. The lowest BCUT2D eigenvalue weighted by molar-refractivity contribution is -0.121. The summed E-state index contributed by atoms with van der Waals surface area (Å²) in [7, 11) is 0. The Bertz CT molecular complexity index is 373. The van der Waals surface area contributed by atoms with Crippen molar-refractivity contribution in [2.75, 3.05) is 13.2 Å². The number of amides is 1. The van der Waals surface area contributed by atoms with Gasteiger partial charge >= 0.3 is 0 Å². The zero-order valence-corrected chi connectivity index (χ0v) is 12.0.